The van der Waals surface area contributed by atoms with Crippen LogP contribution in [-0.2, 0) is 15.8 Å². The molecule has 1 fully saturated rings. The van der Waals surface area contributed by atoms with Gasteiger partial charge in [0.1, 0.15) is 11.2 Å². The fraction of sp³-hybridized carbons (Fsp3) is 0.318. The molecule has 0 spiro atoms. The van der Waals surface area contributed by atoms with Crippen molar-refractivity contribution in [1.29, 1.82) is 0 Å². The number of rotatable bonds is 5. The summed E-state index contributed by atoms with van der Waals surface area (Å²) in [5.41, 5.74) is 2.93. The van der Waals surface area contributed by atoms with Crippen LogP contribution in [-0.4, -0.2) is 40.2 Å². The first-order chi connectivity index (χ1) is 15.4. The highest BCUT2D eigenvalue weighted by atomic mass is 32.2. The summed E-state index contributed by atoms with van der Waals surface area (Å²) in [6.45, 7) is 2.97. The average molecular weight is 471 g/mol. The molecule has 1 saturated heterocycles. The van der Waals surface area contributed by atoms with Crippen LogP contribution in [0.4, 0.5) is 0 Å². The van der Waals surface area contributed by atoms with Gasteiger partial charge in [-0.15, -0.1) is 0 Å². The smallest absolute Gasteiger partial charge is 0.258 e. The second kappa shape index (κ2) is 8.34. The van der Waals surface area contributed by atoms with Gasteiger partial charge in [-0.1, -0.05) is 24.2 Å². The molecule has 0 bridgehead atoms. The SMILES string of the molecule is Cc1cccc2nc(CSc3nc4cc(S(=O)(=O)N5CCCCC5)ccc4o3)cc(=O)n12. The van der Waals surface area contributed by atoms with Crippen LogP contribution in [0.15, 0.2) is 61.8 Å². The molecule has 0 unspecified atom stereocenters. The lowest BCUT2D eigenvalue weighted by Crippen LogP contribution is -2.35. The summed E-state index contributed by atoms with van der Waals surface area (Å²) >= 11 is 1.31. The lowest BCUT2D eigenvalue weighted by atomic mass is 10.2. The summed E-state index contributed by atoms with van der Waals surface area (Å²) in [6, 6.07) is 11.8. The van der Waals surface area contributed by atoms with Crippen LogP contribution in [0.5, 0.6) is 0 Å². The van der Waals surface area contributed by atoms with E-state index < -0.39 is 10.0 Å². The Morgan fingerprint density at radius 2 is 1.88 bits per heavy atom. The quantitative estimate of drug-likeness (QED) is 0.411. The van der Waals surface area contributed by atoms with Gasteiger partial charge >= 0.3 is 0 Å². The van der Waals surface area contributed by atoms with E-state index in [9.17, 15) is 13.2 Å². The van der Waals surface area contributed by atoms with Crippen LogP contribution in [0, 0.1) is 6.92 Å². The van der Waals surface area contributed by atoms with Crippen LogP contribution in [0.2, 0.25) is 0 Å². The third-order valence-electron chi connectivity index (χ3n) is 5.57. The molecule has 8 nitrogen and oxygen atoms in total. The Morgan fingerprint density at radius 3 is 2.69 bits per heavy atom. The average Bonchev–Trinajstić information content (AvgIpc) is 3.20. The van der Waals surface area contributed by atoms with Crippen LogP contribution >= 0.6 is 11.8 Å². The number of fused-ring (bicyclic) bond motifs is 2. The molecule has 1 aromatic carbocycles. The molecule has 0 saturated carbocycles. The molecule has 3 aromatic heterocycles. The van der Waals surface area contributed by atoms with Gasteiger partial charge in [-0.3, -0.25) is 9.20 Å². The number of thioether (sulfide) groups is 1. The maximum atomic E-state index is 12.9. The fourth-order valence-corrected chi connectivity index (χ4v) is 6.20. The Labute approximate surface area is 189 Å². The minimum Gasteiger partial charge on any atom is -0.431 e. The number of hydrogen-bond acceptors (Lipinski definition) is 7. The van der Waals surface area contributed by atoms with E-state index in [1.807, 2.05) is 19.1 Å². The zero-order valence-corrected chi connectivity index (χ0v) is 19.2. The predicted molar refractivity (Wildman–Crippen MR) is 122 cm³/mol. The van der Waals surface area contributed by atoms with Gasteiger partial charge in [0.15, 0.2) is 5.58 Å². The molecular weight excluding hydrogens is 448 g/mol. The van der Waals surface area contributed by atoms with E-state index in [0.29, 0.717) is 46.5 Å². The number of oxazole rings is 1. The third kappa shape index (κ3) is 3.94. The van der Waals surface area contributed by atoms with E-state index in [4.69, 9.17) is 4.42 Å². The maximum absolute atomic E-state index is 12.9. The van der Waals surface area contributed by atoms with Crippen LogP contribution in [0.25, 0.3) is 16.7 Å². The summed E-state index contributed by atoms with van der Waals surface area (Å²) in [6.07, 6.45) is 2.84. The molecule has 1 aliphatic heterocycles. The van der Waals surface area contributed by atoms with Gasteiger partial charge in [-0.2, -0.15) is 4.31 Å². The molecule has 32 heavy (non-hydrogen) atoms. The van der Waals surface area contributed by atoms with Crippen molar-refractivity contribution in [1.82, 2.24) is 18.7 Å². The van der Waals surface area contributed by atoms with E-state index in [-0.39, 0.29) is 10.5 Å². The van der Waals surface area contributed by atoms with E-state index in [2.05, 4.69) is 9.97 Å². The Morgan fingerprint density at radius 1 is 1.06 bits per heavy atom. The zero-order valence-electron chi connectivity index (χ0n) is 17.5. The van der Waals surface area contributed by atoms with E-state index >= 15 is 0 Å². The lowest BCUT2D eigenvalue weighted by Gasteiger charge is -2.25. The molecule has 10 heteroatoms. The second-order valence-corrected chi connectivity index (χ2v) is 10.7. The van der Waals surface area contributed by atoms with Crippen molar-refractivity contribution in [3.8, 4) is 0 Å². The normalized spacial score (nSPS) is 15.5. The molecule has 1 aliphatic rings. The van der Waals surface area contributed by atoms with E-state index in [0.717, 1.165) is 25.0 Å². The predicted octanol–water partition coefficient (Wildman–Crippen LogP) is 3.61. The standard InChI is InChI=1S/C22H22N4O4S2/c1-15-6-5-7-20-23-16(12-21(27)26(15)20)14-31-22-24-18-13-17(8-9-19(18)30-22)32(28,29)25-10-3-2-4-11-25/h5-9,12-13H,2-4,10-11,14H2,1H3. The maximum Gasteiger partial charge on any atom is 0.258 e. The highest BCUT2D eigenvalue weighted by molar-refractivity contribution is 7.98. The van der Waals surface area contributed by atoms with Crippen molar-refractivity contribution in [2.75, 3.05) is 13.1 Å². The largest absolute Gasteiger partial charge is 0.431 e. The number of piperidine rings is 1. The molecule has 4 heterocycles. The number of nitrogens with zero attached hydrogens (tertiary/aromatic N) is 4. The minimum absolute atomic E-state index is 0.131. The third-order valence-corrected chi connectivity index (χ3v) is 8.33. The number of sulfonamides is 1. The molecule has 4 aromatic rings. The van der Waals surface area contributed by atoms with Crippen LogP contribution in [0.1, 0.15) is 30.7 Å². The van der Waals surface area contributed by atoms with Crippen molar-refractivity contribution in [2.45, 2.75) is 42.1 Å². The minimum atomic E-state index is -3.53. The molecule has 0 radical (unpaired) electrons. The van der Waals surface area contributed by atoms with Gasteiger partial charge in [-0.25, -0.2) is 18.4 Å². The fourth-order valence-electron chi connectivity index (χ4n) is 3.94. The molecule has 0 amide bonds. The van der Waals surface area contributed by atoms with Crippen molar-refractivity contribution in [3.05, 3.63) is 64.2 Å². The molecule has 0 N–H and O–H groups in total. The second-order valence-electron chi connectivity index (χ2n) is 7.81. The first-order valence-corrected chi connectivity index (χ1v) is 12.9. The van der Waals surface area contributed by atoms with Gasteiger partial charge in [0.25, 0.3) is 10.8 Å². The highest BCUT2D eigenvalue weighted by Crippen LogP contribution is 2.29. The van der Waals surface area contributed by atoms with Crippen molar-refractivity contribution >= 4 is 38.5 Å². The van der Waals surface area contributed by atoms with E-state index in [1.54, 1.807) is 33.0 Å². The number of aryl methyl sites for hydroxylation is 1. The Balaban J connectivity index is 1.38. The van der Waals surface area contributed by atoms with Crippen LogP contribution < -0.4 is 5.56 Å². The van der Waals surface area contributed by atoms with Gasteiger partial charge < -0.3 is 4.42 Å². The number of benzene rings is 1. The molecular formula is C22H22N4O4S2. The van der Waals surface area contributed by atoms with Crippen LogP contribution in [0.3, 0.4) is 0 Å². The molecule has 5 rings (SSSR count). The zero-order chi connectivity index (χ0) is 22.3. The topological polar surface area (TPSA) is 97.8 Å². The Kier molecular flexibility index (Phi) is 5.52. The van der Waals surface area contributed by atoms with Gasteiger partial charge in [0.05, 0.1) is 10.6 Å². The van der Waals surface area contributed by atoms with E-state index in [1.165, 1.54) is 17.8 Å². The molecule has 0 aliphatic carbocycles. The number of aromatic nitrogens is 3. The number of hydrogen-bond donors (Lipinski definition) is 0. The highest BCUT2D eigenvalue weighted by Gasteiger charge is 2.26. The monoisotopic (exact) mass is 470 g/mol. The summed E-state index contributed by atoms with van der Waals surface area (Å²) in [4.78, 5) is 21.7. The van der Waals surface area contributed by atoms with Crippen molar-refractivity contribution < 1.29 is 12.8 Å². The summed E-state index contributed by atoms with van der Waals surface area (Å²) in [5.74, 6) is 0.408. The van der Waals surface area contributed by atoms with Gasteiger partial charge in [-0.05, 0) is 50.1 Å². The summed E-state index contributed by atoms with van der Waals surface area (Å²) in [5, 5.41) is 0.402. The molecule has 0 atom stereocenters. The first kappa shape index (κ1) is 21.2. The Hall–Kier alpha value is -2.69. The lowest BCUT2D eigenvalue weighted by molar-refractivity contribution is 0.346. The first-order valence-electron chi connectivity index (χ1n) is 10.4. The van der Waals surface area contributed by atoms with Gasteiger partial charge in [0.2, 0.25) is 10.0 Å². The molecule has 166 valence electrons. The summed E-state index contributed by atoms with van der Waals surface area (Å²) < 4.78 is 34.7. The van der Waals surface area contributed by atoms with Crippen molar-refractivity contribution in [3.63, 3.8) is 0 Å². The Bertz CT molecular complexity index is 1470. The number of pyridine rings is 1. The summed E-state index contributed by atoms with van der Waals surface area (Å²) in [7, 11) is -3.53. The van der Waals surface area contributed by atoms with Crippen molar-refractivity contribution in [2.24, 2.45) is 0 Å². The van der Waals surface area contributed by atoms with Gasteiger partial charge in [0, 0.05) is 30.6 Å².